The maximum atomic E-state index is 11.8. The minimum absolute atomic E-state index is 0.0900. The Morgan fingerprint density at radius 2 is 2.38 bits per heavy atom. The lowest BCUT2D eigenvalue weighted by molar-refractivity contribution is 0.568. The molecule has 1 aliphatic rings. The van der Waals surface area contributed by atoms with Crippen LogP contribution < -0.4 is 0 Å². The molecule has 7 nitrogen and oxygen atoms in total. The van der Waals surface area contributed by atoms with E-state index in [-0.39, 0.29) is 17.5 Å². The molecule has 2 aromatic rings. The molecular formula is C8H8N4O3S. The highest BCUT2D eigenvalue weighted by Crippen LogP contribution is 2.30. The molecule has 16 heavy (non-hydrogen) atoms. The first-order valence-corrected chi connectivity index (χ1v) is 6.17. The van der Waals surface area contributed by atoms with Crippen molar-refractivity contribution in [1.82, 2.24) is 19.4 Å². The summed E-state index contributed by atoms with van der Waals surface area (Å²) in [5.41, 5.74) is 0.389. The second-order valence-corrected chi connectivity index (χ2v) is 5.62. The van der Waals surface area contributed by atoms with Crippen LogP contribution in [-0.4, -0.2) is 33.1 Å². The molecule has 0 aromatic carbocycles. The fraction of sp³-hybridized carbons (Fsp3) is 0.375. The highest BCUT2D eigenvalue weighted by atomic mass is 32.2. The van der Waals surface area contributed by atoms with Crippen LogP contribution in [0.15, 0.2) is 23.2 Å². The molecule has 0 atom stereocenters. The Morgan fingerprint density at radius 3 is 3.00 bits per heavy atom. The van der Waals surface area contributed by atoms with Gasteiger partial charge in [-0.05, 0) is 12.8 Å². The van der Waals surface area contributed by atoms with Gasteiger partial charge in [0.2, 0.25) is 6.37 Å². The van der Waals surface area contributed by atoms with Crippen LogP contribution in [0.3, 0.4) is 0 Å². The van der Waals surface area contributed by atoms with E-state index < -0.39 is 10.0 Å². The molecule has 1 saturated carbocycles. The van der Waals surface area contributed by atoms with Crippen molar-refractivity contribution in [3.8, 4) is 11.5 Å². The maximum Gasteiger partial charge on any atom is 0.256 e. The predicted molar refractivity (Wildman–Crippen MR) is 52.9 cm³/mol. The molecule has 2 aromatic heterocycles. The lowest BCUT2D eigenvalue weighted by Crippen LogP contribution is -2.17. The molecule has 0 unspecified atom stereocenters. The Hall–Kier alpha value is -1.70. The topological polar surface area (TPSA) is 90.9 Å². The number of rotatable bonds is 3. The molecule has 8 heteroatoms. The summed E-state index contributed by atoms with van der Waals surface area (Å²) in [5, 5.41) is 10.4. The molecule has 84 valence electrons. The monoisotopic (exact) mass is 241 g/mol. The van der Waals surface area contributed by atoms with Crippen molar-refractivity contribution in [2.45, 2.75) is 18.1 Å². The summed E-state index contributed by atoms with van der Waals surface area (Å²) in [6.07, 6.45) is 3.68. The van der Waals surface area contributed by atoms with E-state index in [1.54, 1.807) is 0 Å². The molecule has 1 aliphatic carbocycles. The van der Waals surface area contributed by atoms with Gasteiger partial charge in [0.15, 0.2) is 0 Å². The van der Waals surface area contributed by atoms with E-state index in [0.717, 1.165) is 4.09 Å². The molecule has 0 aliphatic heterocycles. The van der Waals surface area contributed by atoms with Crippen molar-refractivity contribution in [2.75, 3.05) is 0 Å². The van der Waals surface area contributed by atoms with E-state index >= 15 is 0 Å². The van der Waals surface area contributed by atoms with Crippen LogP contribution in [0, 0.1) is 0 Å². The van der Waals surface area contributed by atoms with Crippen LogP contribution in [0.1, 0.15) is 14.2 Å². The second-order valence-electron chi connectivity index (χ2n) is 3.54. The summed E-state index contributed by atoms with van der Waals surface area (Å²) in [4.78, 5) is 0. The summed E-state index contributed by atoms with van der Waals surface area (Å²) in [5.74, 6) is 0.0900. The van der Waals surface area contributed by atoms with E-state index in [0.29, 0.717) is 18.4 Å². The van der Waals surface area contributed by atoms with Gasteiger partial charge in [-0.25, -0.2) is 8.42 Å². The van der Waals surface area contributed by atoms with E-state index in [4.69, 9.17) is 5.79 Å². The highest BCUT2D eigenvalue weighted by Gasteiger charge is 2.37. The second kappa shape index (κ2) is 3.14. The van der Waals surface area contributed by atoms with Gasteiger partial charge in [0.25, 0.3) is 15.9 Å². The normalized spacial score (nSPS) is 17.4. The van der Waals surface area contributed by atoms with Crippen LogP contribution in [0.5, 0.6) is 0 Å². The highest BCUT2D eigenvalue weighted by molar-refractivity contribution is 7.90. The van der Waals surface area contributed by atoms with E-state index in [1.807, 2.05) is 0 Å². The molecule has 2 heterocycles. The fourth-order valence-electron chi connectivity index (χ4n) is 1.34. The minimum Gasteiger partial charge on any atom is -0.423 e. The van der Waals surface area contributed by atoms with Crippen LogP contribution >= 0.6 is 0 Å². The van der Waals surface area contributed by atoms with Crippen LogP contribution in [0.4, 0.5) is 0 Å². The van der Waals surface area contributed by atoms with Gasteiger partial charge in [0.1, 0.15) is 1.37 Å². The average Bonchev–Trinajstić information content (AvgIpc) is 2.87. The number of nitrogens with zero attached hydrogens (tertiary/aromatic N) is 4. The zero-order valence-electron chi connectivity index (χ0n) is 9.07. The van der Waals surface area contributed by atoms with Crippen LogP contribution in [0.25, 0.3) is 11.5 Å². The number of aromatic nitrogens is 4. The van der Waals surface area contributed by atoms with Gasteiger partial charge in [-0.3, -0.25) is 0 Å². The molecular weight excluding hydrogens is 232 g/mol. The third kappa shape index (κ3) is 1.42. The first kappa shape index (κ1) is 8.45. The van der Waals surface area contributed by atoms with E-state index in [1.165, 1.54) is 12.4 Å². The van der Waals surface area contributed by atoms with Crippen LogP contribution in [0.2, 0.25) is 0 Å². The van der Waals surface area contributed by atoms with Gasteiger partial charge < -0.3 is 4.42 Å². The smallest absolute Gasteiger partial charge is 0.256 e. The minimum atomic E-state index is -3.38. The lowest BCUT2D eigenvalue weighted by Gasteiger charge is -1.99. The first-order chi connectivity index (χ1) is 8.07. The summed E-state index contributed by atoms with van der Waals surface area (Å²) in [7, 11) is -3.38. The lowest BCUT2D eigenvalue weighted by atomic mass is 10.4. The molecule has 3 rings (SSSR count). The van der Waals surface area contributed by atoms with Crippen LogP contribution in [-0.2, 0) is 10.0 Å². The Balaban J connectivity index is 1.98. The third-order valence-electron chi connectivity index (χ3n) is 2.34. The van der Waals surface area contributed by atoms with Crippen molar-refractivity contribution in [3.05, 3.63) is 18.8 Å². The Labute approximate surface area is 92.6 Å². The van der Waals surface area contributed by atoms with Crippen molar-refractivity contribution < 1.29 is 14.2 Å². The standard InChI is InChI=1S/C8H8N4O3S/c13-16(14,7-1-2-7)12-4-6(3-10-12)8-11-9-5-15-8/h3-5,7H,1-2H2/i5D. The number of hydrogen-bond acceptors (Lipinski definition) is 6. The fourth-order valence-corrected chi connectivity index (χ4v) is 2.82. The zero-order valence-corrected chi connectivity index (χ0v) is 8.88. The van der Waals surface area contributed by atoms with Gasteiger partial charge in [-0.15, -0.1) is 10.2 Å². The molecule has 0 radical (unpaired) electrons. The quantitative estimate of drug-likeness (QED) is 0.766. The summed E-state index contributed by atoms with van der Waals surface area (Å²) < 4.78 is 36.6. The van der Waals surface area contributed by atoms with Crippen molar-refractivity contribution in [2.24, 2.45) is 0 Å². The van der Waals surface area contributed by atoms with Gasteiger partial charge in [0.05, 0.1) is 23.2 Å². The Morgan fingerprint density at radius 1 is 1.56 bits per heavy atom. The van der Waals surface area contributed by atoms with Gasteiger partial charge in [-0.1, -0.05) is 0 Å². The van der Waals surface area contributed by atoms with Gasteiger partial charge in [-0.2, -0.15) is 9.19 Å². The van der Waals surface area contributed by atoms with E-state index in [9.17, 15) is 8.42 Å². The summed E-state index contributed by atoms with van der Waals surface area (Å²) in [6.45, 7) is 0. The zero-order chi connectivity index (χ0) is 12.0. The molecule has 0 saturated heterocycles. The Kier molecular flexibility index (Phi) is 1.66. The van der Waals surface area contributed by atoms with Gasteiger partial charge >= 0.3 is 0 Å². The SMILES string of the molecule is [2H]c1nnc(-c2cnn(S(=O)(=O)C3CC3)c2)o1. The van der Waals surface area contributed by atoms with Gasteiger partial charge in [0, 0.05) is 0 Å². The molecule has 0 spiro atoms. The first-order valence-electron chi connectivity index (χ1n) is 5.17. The average molecular weight is 241 g/mol. The van der Waals surface area contributed by atoms with E-state index in [2.05, 4.69) is 15.3 Å². The Bertz CT molecular complexity index is 658. The largest absolute Gasteiger partial charge is 0.423 e. The maximum absolute atomic E-state index is 11.8. The molecule has 0 amide bonds. The van der Waals surface area contributed by atoms with Crippen molar-refractivity contribution in [1.29, 1.82) is 0 Å². The summed E-state index contributed by atoms with van der Waals surface area (Å²) >= 11 is 0. The van der Waals surface area contributed by atoms with Crippen molar-refractivity contribution >= 4 is 10.0 Å². The third-order valence-corrected chi connectivity index (χ3v) is 4.37. The number of hydrogen-bond donors (Lipinski definition) is 0. The molecule has 0 N–H and O–H groups in total. The summed E-state index contributed by atoms with van der Waals surface area (Å²) in [6, 6.07) is 0. The predicted octanol–water partition coefficient (Wildman–Crippen LogP) is 0.273. The molecule has 0 bridgehead atoms. The van der Waals surface area contributed by atoms with Crippen molar-refractivity contribution in [3.63, 3.8) is 0 Å². The molecule has 1 fully saturated rings.